The van der Waals surface area contributed by atoms with Gasteiger partial charge in [0.1, 0.15) is 0 Å². The van der Waals surface area contributed by atoms with Crippen molar-refractivity contribution in [3.8, 4) is 0 Å². The van der Waals surface area contributed by atoms with E-state index in [0.29, 0.717) is 6.10 Å². The van der Waals surface area contributed by atoms with E-state index in [-0.39, 0.29) is 0 Å². The summed E-state index contributed by atoms with van der Waals surface area (Å²) >= 11 is 0. The molecule has 1 atom stereocenters. The van der Waals surface area contributed by atoms with Crippen LogP contribution in [0, 0.1) is 0 Å². The number of hydrogen-bond donors (Lipinski definition) is 1. The fraction of sp³-hybridized carbons (Fsp3) is 0.769. The van der Waals surface area contributed by atoms with Crippen molar-refractivity contribution in [2.24, 2.45) is 7.05 Å². The standard InChI is InChI=1S/C13H24N4O/c1-4-13-11(8-16(3)15-13)9-17-5-6-18-12(10-17)7-14-2/h8,12,14H,4-7,9-10H2,1-3H3. The number of aromatic nitrogens is 2. The summed E-state index contributed by atoms with van der Waals surface area (Å²) in [6, 6.07) is 0. The molecule has 5 nitrogen and oxygen atoms in total. The number of nitrogens with zero attached hydrogens (tertiary/aromatic N) is 3. The van der Waals surface area contributed by atoms with Crippen LogP contribution in [-0.2, 0) is 24.8 Å². The van der Waals surface area contributed by atoms with Crippen molar-refractivity contribution in [2.45, 2.75) is 26.0 Å². The predicted octanol–water partition coefficient (Wildman–Crippen LogP) is 0.403. The normalized spacial score (nSPS) is 21.4. The van der Waals surface area contributed by atoms with Crippen molar-refractivity contribution < 1.29 is 4.74 Å². The van der Waals surface area contributed by atoms with E-state index in [9.17, 15) is 0 Å². The molecule has 0 radical (unpaired) electrons. The van der Waals surface area contributed by atoms with Crippen LogP contribution in [0.5, 0.6) is 0 Å². The van der Waals surface area contributed by atoms with E-state index in [0.717, 1.165) is 39.2 Å². The van der Waals surface area contributed by atoms with E-state index in [2.05, 4.69) is 28.4 Å². The molecule has 2 heterocycles. The summed E-state index contributed by atoms with van der Waals surface area (Å²) in [6.45, 7) is 6.91. The van der Waals surface area contributed by atoms with Crippen molar-refractivity contribution in [3.05, 3.63) is 17.5 Å². The molecule has 1 fully saturated rings. The fourth-order valence-corrected chi connectivity index (χ4v) is 2.53. The van der Waals surface area contributed by atoms with Crippen molar-refractivity contribution in [1.82, 2.24) is 20.0 Å². The van der Waals surface area contributed by atoms with Crippen LogP contribution in [0.2, 0.25) is 0 Å². The van der Waals surface area contributed by atoms with Crippen LogP contribution in [0.4, 0.5) is 0 Å². The Kier molecular flexibility index (Phi) is 4.74. The lowest BCUT2D eigenvalue weighted by atomic mass is 10.2. The smallest absolute Gasteiger partial charge is 0.0826 e. The van der Waals surface area contributed by atoms with Crippen molar-refractivity contribution in [3.63, 3.8) is 0 Å². The van der Waals surface area contributed by atoms with Gasteiger partial charge in [-0.05, 0) is 13.5 Å². The Balaban J connectivity index is 1.95. The van der Waals surface area contributed by atoms with Gasteiger partial charge >= 0.3 is 0 Å². The van der Waals surface area contributed by atoms with Crippen LogP contribution < -0.4 is 5.32 Å². The molecule has 0 spiro atoms. The molecule has 0 bridgehead atoms. The molecule has 5 heteroatoms. The minimum Gasteiger partial charge on any atom is -0.374 e. The molecule has 0 aromatic carbocycles. The van der Waals surface area contributed by atoms with Crippen molar-refractivity contribution in [1.29, 1.82) is 0 Å². The zero-order chi connectivity index (χ0) is 13.0. The zero-order valence-corrected chi connectivity index (χ0v) is 11.6. The highest BCUT2D eigenvalue weighted by molar-refractivity contribution is 5.16. The average Bonchev–Trinajstić information content (AvgIpc) is 2.70. The SMILES string of the molecule is CCc1nn(C)cc1CN1CCOC(CNC)C1. The largest absolute Gasteiger partial charge is 0.374 e. The molecular formula is C13H24N4O. The Bertz CT molecular complexity index is 375. The lowest BCUT2D eigenvalue weighted by Crippen LogP contribution is -2.45. The molecule has 1 aliphatic heterocycles. The van der Waals surface area contributed by atoms with E-state index in [4.69, 9.17) is 4.74 Å². The molecule has 1 unspecified atom stereocenters. The number of nitrogens with one attached hydrogen (secondary N) is 1. The van der Waals surface area contributed by atoms with Crippen molar-refractivity contribution >= 4 is 0 Å². The third-order valence-corrected chi connectivity index (χ3v) is 3.38. The number of morpholine rings is 1. The molecule has 1 saturated heterocycles. The maximum Gasteiger partial charge on any atom is 0.0826 e. The molecule has 102 valence electrons. The van der Waals surface area contributed by atoms with Gasteiger partial charge in [-0.15, -0.1) is 0 Å². The van der Waals surface area contributed by atoms with Gasteiger partial charge in [-0.1, -0.05) is 6.92 Å². The monoisotopic (exact) mass is 252 g/mol. The summed E-state index contributed by atoms with van der Waals surface area (Å²) in [5.74, 6) is 0. The highest BCUT2D eigenvalue weighted by atomic mass is 16.5. The molecule has 1 aliphatic rings. The Labute approximate surface area is 109 Å². The molecule has 0 amide bonds. The van der Waals surface area contributed by atoms with E-state index < -0.39 is 0 Å². The van der Waals surface area contributed by atoms with Crippen molar-refractivity contribution in [2.75, 3.05) is 33.3 Å². The van der Waals surface area contributed by atoms with E-state index in [1.54, 1.807) is 0 Å². The van der Waals surface area contributed by atoms with Gasteiger partial charge in [-0.3, -0.25) is 9.58 Å². The van der Waals surface area contributed by atoms with Crippen LogP contribution >= 0.6 is 0 Å². The summed E-state index contributed by atoms with van der Waals surface area (Å²) in [5, 5.41) is 7.68. The zero-order valence-electron chi connectivity index (χ0n) is 11.6. The summed E-state index contributed by atoms with van der Waals surface area (Å²) in [7, 11) is 3.96. The first kappa shape index (κ1) is 13.5. The maximum absolute atomic E-state index is 5.72. The first-order valence-electron chi connectivity index (χ1n) is 6.73. The third-order valence-electron chi connectivity index (χ3n) is 3.38. The molecular weight excluding hydrogens is 228 g/mol. The third kappa shape index (κ3) is 3.31. The predicted molar refractivity (Wildman–Crippen MR) is 71.5 cm³/mol. The van der Waals surface area contributed by atoms with Crippen LogP contribution in [0.1, 0.15) is 18.2 Å². The summed E-state index contributed by atoms with van der Waals surface area (Å²) in [6.07, 6.45) is 3.45. The summed E-state index contributed by atoms with van der Waals surface area (Å²) in [5.41, 5.74) is 2.57. The first-order chi connectivity index (χ1) is 8.72. The Morgan fingerprint density at radius 1 is 1.56 bits per heavy atom. The minimum atomic E-state index is 0.311. The first-order valence-corrected chi connectivity index (χ1v) is 6.73. The van der Waals surface area contributed by atoms with Gasteiger partial charge < -0.3 is 10.1 Å². The van der Waals surface area contributed by atoms with Gasteiger partial charge in [0.2, 0.25) is 0 Å². The molecule has 1 aromatic rings. The van der Waals surface area contributed by atoms with Gasteiger partial charge in [0.15, 0.2) is 0 Å². The van der Waals surface area contributed by atoms with Crippen LogP contribution in [-0.4, -0.2) is 54.1 Å². The Hall–Kier alpha value is -0.910. The Morgan fingerprint density at radius 3 is 3.11 bits per heavy atom. The lowest BCUT2D eigenvalue weighted by Gasteiger charge is -2.32. The lowest BCUT2D eigenvalue weighted by molar-refractivity contribution is -0.0292. The molecule has 18 heavy (non-hydrogen) atoms. The van der Waals surface area contributed by atoms with Gasteiger partial charge in [-0.2, -0.15) is 5.10 Å². The molecule has 2 rings (SSSR count). The second-order valence-corrected chi connectivity index (χ2v) is 4.91. The van der Waals surface area contributed by atoms with Gasteiger partial charge in [0.25, 0.3) is 0 Å². The quantitative estimate of drug-likeness (QED) is 0.824. The number of likely N-dealkylation sites (N-methyl/N-ethyl adjacent to an activating group) is 1. The Morgan fingerprint density at radius 2 is 2.39 bits per heavy atom. The topological polar surface area (TPSA) is 42.3 Å². The van der Waals surface area contributed by atoms with Crippen LogP contribution in [0.15, 0.2) is 6.20 Å². The highest BCUT2D eigenvalue weighted by Crippen LogP contribution is 2.13. The van der Waals surface area contributed by atoms with E-state index in [1.807, 2.05) is 18.8 Å². The molecule has 0 saturated carbocycles. The highest BCUT2D eigenvalue weighted by Gasteiger charge is 2.21. The number of ether oxygens (including phenoxy) is 1. The number of rotatable bonds is 5. The van der Waals surface area contributed by atoms with Gasteiger partial charge in [0.05, 0.1) is 18.4 Å². The van der Waals surface area contributed by atoms with Gasteiger partial charge in [-0.25, -0.2) is 0 Å². The average molecular weight is 252 g/mol. The van der Waals surface area contributed by atoms with Crippen LogP contribution in [0.25, 0.3) is 0 Å². The van der Waals surface area contributed by atoms with E-state index >= 15 is 0 Å². The van der Waals surface area contributed by atoms with E-state index in [1.165, 1.54) is 11.3 Å². The fourth-order valence-electron chi connectivity index (χ4n) is 2.53. The molecule has 1 aromatic heterocycles. The van der Waals surface area contributed by atoms with Gasteiger partial charge in [0, 0.05) is 45.0 Å². The number of aryl methyl sites for hydroxylation is 2. The summed E-state index contributed by atoms with van der Waals surface area (Å²) in [4.78, 5) is 2.46. The summed E-state index contributed by atoms with van der Waals surface area (Å²) < 4.78 is 7.64. The molecule has 1 N–H and O–H groups in total. The molecule has 0 aliphatic carbocycles. The minimum absolute atomic E-state index is 0.311. The maximum atomic E-state index is 5.72. The second-order valence-electron chi connectivity index (χ2n) is 4.91. The van der Waals surface area contributed by atoms with Crippen LogP contribution in [0.3, 0.4) is 0 Å². The second kappa shape index (κ2) is 6.31. The number of hydrogen-bond acceptors (Lipinski definition) is 4.